The molecule has 4 rings (SSSR count). The molecule has 0 atom stereocenters. The lowest BCUT2D eigenvalue weighted by Crippen LogP contribution is -2.16. The molecule has 2 aromatic carbocycles. The number of alkyl halides is 3. The third-order valence-electron chi connectivity index (χ3n) is 4.54. The summed E-state index contributed by atoms with van der Waals surface area (Å²) in [6.45, 7) is 6.22. The monoisotopic (exact) mass is 424 g/mol. The SMILES string of the molecule is [C-]#[N+]c1cnc(Nc2cc(-c3ccccc3)c3nc(C(F)(F)F)n(CCO)c3c2)nc1. The first-order chi connectivity index (χ1) is 14.9. The van der Waals surface area contributed by atoms with Crippen LogP contribution in [0.2, 0.25) is 0 Å². The van der Waals surface area contributed by atoms with Gasteiger partial charge in [0.05, 0.1) is 24.2 Å². The van der Waals surface area contributed by atoms with E-state index in [0.29, 0.717) is 16.8 Å². The maximum Gasteiger partial charge on any atom is 0.449 e. The summed E-state index contributed by atoms with van der Waals surface area (Å²) in [7, 11) is 0. The van der Waals surface area contributed by atoms with Gasteiger partial charge < -0.3 is 15.0 Å². The number of hydrogen-bond donors (Lipinski definition) is 2. The predicted octanol–water partition coefficient (Wildman–Crippen LogP) is 4.80. The number of aliphatic hydroxyl groups is 1. The van der Waals surface area contributed by atoms with E-state index in [-0.39, 0.29) is 29.2 Å². The van der Waals surface area contributed by atoms with Crippen LogP contribution < -0.4 is 5.32 Å². The van der Waals surface area contributed by atoms with Crippen LogP contribution in [0.4, 0.5) is 30.5 Å². The van der Waals surface area contributed by atoms with Crippen molar-refractivity contribution in [3.05, 3.63) is 72.1 Å². The van der Waals surface area contributed by atoms with E-state index in [0.717, 1.165) is 4.57 Å². The molecule has 0 aliphatic heterocycles. The predicted molar refractivity (Wildman–Crippen MR) is 109 cm³/mol. The first-order valence-corrected chi connectivity index (χ1v) is 9.15. The largest absolute Gasteiger partial charge is 0.449 e. The molecule has 2 N–H and O–H groups in total. The number of rotatable bonds is 5. The van der Waals surface area contributed by atoms with E-state index in [2.05, 4.69) is 25.1 Å². The lowest BCUT2D eigenvalue weighted by atomic mass is 10.0. The zero-order valence-corrected chi connectivity index (χ0v) is 15.9. The number of fused-ring (bicyclic) bond motifs is 1. The molecule has 4 aromatic rings. The van der Waals surface area contributed by atoms with Crippen molar-refractivity contribution in [2.45, 2.75) is 12.7 Å². The summed E-state index contributed by atoms with van der Waals surface area (Å²) < 4.78 is 41.9. The Morgan fingerprint density at radius 1 is 1.10 bits per heavy atom. The van der Waals surface area contributed by atoms with E-state index in [4.69, 9.17) is 6.57 Å². The Hall–Kier alpha value is -3.97. The van der Waals surface area contributed by atoms with Gasteiger partial charge in [0, 0.05) is 30.2 Å². The molecule has 0 unspecified atom stereocenters. The van der Waals surface area contributed by atoms with Crippen LogP contribution in [0.5, 0.6) is 0 Å². The quantitative estimate of drug-likeness (QED) is 0.450. The molecule has 10 heteroatoms. The topological polar surface area (TPSA) is 80.2 Å². The normalized spacial score (nSPS) is 11.5. The summed E-state index contributed by atoms with van der Waals surface area (Å²) in [6.07, 6.45) is -2.00. The van der Waals surface area contributed by atoms with Gasteiger partial charge in [-0.2, -0.15) is 13.2 Å². The standard InChI is InChI=1S/C21H15F3N6O/c1-25-15-11-26-20(27-12-15)28-14-9-16(13-5-3-2-4-6-13)18-17(10-14)30(7-8-31)19(29-18)21(22,23)24/h2-6,9-12,31H,7-8H2,(H,26,27,28). The van der Waals surface area contributed by atoms with Gasteiger partial charge in [-0.15, -0.1) is 0 Å². The molecule has 0 aliphatic rings. The van der Waals surface area contributed by atoms with E-state index in [1.165, 1.54) is 18.5 Å². The molecule has 0 bridgehead atoms. The van der Waals surface area contributed by atoms with Crippen LogP contribution in [-0.2, 0) is 12.7 Å². The Morgan fingerprint density at radius 3 is 2.42 bits per heavy atom. The maximum absolute atomic E-state index is 13.6. The van der Waals surface area contributed by atoms with Crippen molar-refractivity contribution in [1.82, 2.24) is 19.5 Å². The molecule has 7 nitrogen and oxygen atoms in total. The molecule has 0 radical (unpaired) electrons. The van der Waals surface area contributed by atoms with Gasteiger partial charge in [-0.05, 0) is 17.7 Å². The van der Waals surface area contributed by atoms with E-state index in [1.54, 1.807) is 36.4 Å². The molecule has 0 saturated heterocycles. The van der Waals surface area contributed by atoms with Crippen LogP contribution in [0.1, 0.15) is 5.82 Å². The first kappa shape index (κ1) is 20.3. The smallest absolute Gasteiger partial charge is 0.395 e. The van der Waals surface area contributed by atoms with E-state index in [9.17, 15) is 18.3 Å². The number of halogens is 3. The minimum atomic E-state index is -4.69. The van der Waals surface area contributed by atoms with Gasteiger partial charge in [-0.3, -0.25) is 0 Å². The number of imidazole rings is 1. The minimum absolute atomic E-state index is 0.168. The molecule has 0 saturated carbocycles. The molecule has 2 heterocycles. The van der Waals surface area contributed by atoms with Gasteiger partial charge in [-0.25, -0.2) is 19.8 Å². The van der Waals surface area contributed by atoms with Gasteiger partial charge >= 0.3 is 6.18 Å². The number of aromatic nitrogens is 4. The minimum Gasteiger partial charge on any atom is -0.395 e. The Kier molecular flexibility index (Phi) is 5.27. The molecule has 0 amide bonds. The summed E-state index contributed by atoms with van der Waals surface area (Å²) in [4.78, 5) is 15.2. The number of hydrogen-bond acceptors (Lipinski definition) is 5. The molecule has 0 aliphatic carbocycles. The third-order valence-corrected chi connectivity index (χ3v) is 4.54. The highest BCUT2D eigenvalue weighted by molar-refractivity contribution is 5.96. The molecule has 0 fully saturated rings. The zero-order chi connectivity index (χ0) is 22.0. The fourth-order valence-corrected chi connectivity index (χ4v) is 3.25. The Balaban J connectivity index is 1.93. The average molecular weight is 424 g/mol. The molecule has 2 aromatic heterocycles. The second kappa shape index (κ2) is 8.04. The molecule has 156 valence electrons. The lowest BCUT2D eigenvalue weighted by Gasteiger charge is -2.12. The Morgan fingerprint density at radius 2 is 1.81 bits per heavy atom. The van der Waals surface area contributed by atoms with Gasteiger partial charge in [0.25, 0.3) is 0 Å². The fraction of sp³-hybridized carbons (Fsp3) is 0.143. The number of nitrogens with zero attached hydrogens (tertiary/aromatic N) is 5. The average Bonchev–Trinajstić information content (AvgIpc) is 3.14. The van der Waals surface area contributed by atoms with Crippen molar-refractivity contribution >= 4 is 28.4 Å². The number of nitrogens with one attached hydrogen (secondary N) is 1. The molecule has 31 heavy (non-hydrogen) atoms. The number of benzene rings is 2. The molecule has 0 spiro atoms. The van der Waals surface area contributed by atoms with E-state index >= 15 is 0 Å². The summed E-state index contributed by atoms with van der Waals surface area (Å²) in [6, 6.07) is 12.1. The fourth-order valence-electron chi connectivity index (χ4n) is 3.25. The second-order valence-electron chi connectivity index (χ2n) is 6.57. The van der Waals surface area contributed by atoms with Crippen molar-refractivity contribution in [2.24, 2.45) is 0 Å². The highest BCUT2D eigenvalue weighted by Gasteiger charge is 2.38. The molecular weight excluding hydrogens is 409 g/mol. The maximum atomic E-state index is 13.6. The van der Waals surface area contributed by atoms with Crippen molar-refractivity contribution in [3.63, 3.8) is 0 Å². The van der Waals surface area contributed by atoms with Crippen LogP contribution in [0, 0.1) is 6.57 Å². The Labute approximate surface area is 174 Å². The highest BCUT2D eigenvalue weighted by Crippen LogP contribution is 2.37. The van der Waals surface area contributed by atoms with Gasteiger partial charge in [0.2, 0.25) is 17.5 Å². The van der Waals surface area contributed by atoms with Crippen LogP contribution >= 0.6 is 0 Å². The van der Waals surface area contributed by atoms with Crippen molar-refractivity contribution in [3.8, 4) is 11.1 Å². The van der Waals surface area contributed by atoms with E-state index < -0.39 is 18.6 Å². The highest BCUT2D eigenvalue weighted by atomic mass is 19.4. The van der Waals surface area contributed by atoms with Crippen LogP contribution in [0.3, 0.4) is 0 Å². The van der Waals surface area contributed by atoms with Crippen LogP contribution in [0.25, 0.3) is 27.0 Å². The number of aliphatic hydroxyl groups excluding tert-OH is 1. The zero-order valence-electron chi connectivity index (χ0n) is 15.9. The van der Waals surface area contributed by atoms with Crippen LogP contribution in [0.15, 0.2) is 54.9 Å². The van der Waals surface area contributed by atoms with Crippen molar-refractivity contribution < 1.29 is 18.3 Å². The van der Waals surface area contributed by atoms with Crippen molar-refractivity contribution in [1.29, 1.82) is 0 Å². The number of anilines is 2. The lowest BCUT2D eigenvalue weighted by molar-refractivity contribution is -0.147. The third kappa shape index (κ3) is 4.04. The van der Waals surface area contributed by atoms with Gasteiger partial charge in [0.1, 0.15) is 0 Å². The summed E-state index contributed by atoms with van der Waals surface area (Å²) in [5.74, 6) is -0.890. The van der Waals surface area contributed by atoms with Crippen molar-refractivity contribution in [2.75, 3.05) is 11.9 Å². The van der Waals surface area contributed by atoms with Gasteiger partial charge in [0.15, 0.2) is 0 Å². The van der Waals surface area contributed by atoms with E-state index in [1.807, 2.05) is 0 Å². The summed E-state index contributed by atoms with van der Waals surface area (Å²) in [5.41, 5.74) is 2.25. The second-order valence-corrected chi connectivity index (χ2v) is 6.57. The first-order valence-electron chi connectivity index (χ1n) is 9.15. The Bertz CT molecular complexity index is 1260. The van der Waals surface area contributed by atoms with Gasteiger partial charge in [-0.1, -0.05) is 30.3 Å². The molecular formula is C21H15F3N6O. The summed E-state index contributed by atoms with van der Waals surface area (Å²) in [5, 5.41) is 12.3. The summed E-state index contributed by atoms with van der Waals surface area (Å²) >= 11 is 0. The van der Waals surface area contributed by atoms with Crippen LogP contribution in [-0.4, -0.2) is 31.2 Å².